The Morgan fingerprint density at radius 1 is 1.22 bits per heavy atom. The Hall–Kier alpha value is -2.62. The second kappa shape index (κ2) is 7.18. The first-order valence-corrected chi connectivity index (χ1v) is 10.0. The van der Waals surface area contributed by atoms with Gasteiger partial charge in [-0.2, -0.15) is 0 Å². The smallest absolute Gasteiger partial charge is 0.143 e. The van der Waals surface area contributed by atoms with Crippen LogP contribution in [0.15, 0.2) is 53.3 Å². The number of rotatable bonds is 4. The normalized spacial score (nSPS) is 20.8. The molecule has 0 spiro atoms. The quantitative estimate of drug-likeness (QED) is 0.814. The highest BCUT2D eigenvalue weighted by molar-refractivity contribution is 6.15. The van der Waals surface area contributed by atoms with Crippen LogP contribution < -0.4 is 9.64 Å². The molecule has 0 saturated heterocycles. The lowest BCUT2D eigenvalue weighted by atomic mass is 9.94. The first-order valence-electron chi connectivity index (χ1n) is 10.0. The van der Waals surface area contributed by atoms with Crippen LogP contribution in [0.5, 0.6) is 5.75 Å². The summed E-state index contributed by atoms with van der Waals surface area (Å²) < 4.78 is 5.99. The van der Waals surface area contributed by atoms with Crippen molar-refractivity contribution in [3.63, 3.8) is 0 Å². The fraction of sp³-hybridized carbons (Fsp3) is 0.391. The fourth-order valence-electron chi connectivity index (χ4n) is 3.99. The third kappa shape index (κ3) is 3.61. The van der Waals surface area contributed by atoms with E-state index in [1.807, 2.05) is 18.5 Å². The number of hydrogen-bond acceptors (Lipinski definition) is 4. The van der Waals surface area contributed by atoms with Gasteiger partial charge in [0.15, 0.2) is 0 Å². The number of anilines is 1. The molecule has 0 bridgehead atoms. The first-order chi connectivity index (χ1) is 13.4. The molecule has 0 atom stereocenters. The molecule has 27 heavy (non-hydrogen) atoms. The van der Waals surface area contributed by atoms with Crippen LogP contribution in [-0.2, 0) is 0 Å². The molecule has 5 rings (SSSR count). The van der Waals surface area contributed by atoms with Crippen molar-refractivity contribution in [3.05, 3.63) is 59.4 Å². The molecule has 4 nitrogen and oxygen atoms in total. The van der Waals surface area contributed by atoms with Gasteiger partial charge in [0.05, 0.1) is 17.9 Å². The Labute approximate surface area is 160 Å². The van der Waals surface area contributed by atoms with E-state index in [0.717, 1.165) is 55.5 Å². The second-order valence-electron chi connectivity index (χ2n) is 7.71. The van der Waals surface area contributed by atoms with Crippen LogP contribution in [0.3, 0.4) is 0 Å². The minimum atomic E-state index is 0.780. The van der Waals surface area contributed by atoms with Gasteiger partial charge in [0.1, 0.15) is 12.4 Å². The van der Waals surface area contributed by atoms with E-state index in [1.165, 1.54) is 36.2 Å². The summed E-state index contributed by atoms with van der Waals surface area (Å²) in [6, 6.07) is 10.7. The molecular formula is C23H25N3O. The van der Waals surface area contributed by atoms with Crippen molar-refractivity contribution in [1.82, 2.24) is 4.98 Å². The zero-order valence-electron chi connectivity index (χ0n) is 15.6. The van der Waals surface area contributed by atoms with Crippen molar-refractivity contribution < 1.29 is 4.74 Å². The molecule has 0 radical (unpaired) electrons. The van der Waals surface area contributed by atoms with Gasteiger partial charge in [-0.15, -0.1) is 0 Å². The van der Waals surface area contributed by atoms with E-state index in [-0.39, 0.29) is 0 Å². The van der Waals surface area contributed by atoms with Crippen LogP contribution in [0.4, 0.5) is 5.69 Å². The predicted octanol–water partition coefficient (Wildman–Crippen LogP) is 4.36. The van der Waals surface area contributed by atoms with Gasteiger partial charge in [-0.05, 0) is 73.1 Å². The summed E-state index contributed by atoms with van der Waals surface area (Å²) in [7, 11) is 0. The highest BCUT2D eigenvalue weighted by atomic mass is 16.5. The SMILES string of the molecule is C(=C1CCCN=C1c1cccnc1)c1ccc2c(c1)OCCN2CC1CC1. The van der Waals surface area contributed by atoms with Crippen molar-refractivity contribution in [2.75, 3.05) is 31.1 Å². The van der Waals surface area contributed by atoms with E-state index in [2.05, 4.69) is 40.2 Å². The van der Waals surface area contributed by atoms with Crippen LogP contribution in [0.1, 0.15) is 36.8 Å². The van der Waals surface area contributed by atoms with Gasteiger partial charge in [-0.1, -0.05) is 6.07 Å². The van der Waals surface area contributed by atoms with Crippen molar-refractivity contribution in [2.24, 2.45) is 10.9 Å². The molecule has 2 aromatic rings. The van der Waals surface area contributed by atoms with Crippen LogP contribution in [-0.4, -0.2) is 36.9 Å². The Kier molecular flexibility index (Phi) is 4.40. The minimum Gasteiger partial charge on any atom is -0.490 e. The number of aromatic nitrogens is 1. The van der Waals surface area contributed by atoms with Gasteiger partial charge < -0.3 is 9.64 Å². The third-order valence-corrected chi connectivity index (χ3v) is 5.57. The van der Waals surface area contributed by atoms with Crippen molar-refractivity contribution in [3.8, 4) is 5.75 Å². The van der Waals surface area contributed by atoms with E-state index in [9.17, 15) is 0 Å². The summed E-state index contributed by atoms with van der Waals surface area (Å²) in [6.07, 6.45) is 10.9. The molecule has 1 aliphatic carbocycles. The topological polar surface area (TPSA) is 37.7 Å². The number of benzene rings is 1. The van der Waals surface area contributed by atoms with Gasteiger partial charge in [-0.25, -0.2) is 0 Å². The number of allylic oxidation sites excluding steroid dienone is 1. The molecule has 2 aliphatic heterocycles. The molecule has 3 aliphatic rings. The first kappa shape index (κ1) is 16.5. The molecule has 1 fully saturated rings. The summed E-state index contributed by atoms with van der Waals surface area (Å²) in [6.45, 7) is 3.85. The minimum absolute atomic E-state index is 0.780. The molecule has 0 amide bonds. The summed E-state index contributed by atoms with van der Waals surface area (Å²) in [5.74, 6) is 1.91. The van der Waals surface area contributed by atoms with Crippen molar-refractivity contribution in [1.29, 1.82) is 0 Å². The zero-order valence-corrected chi connectivity index (χ0v) is 15.6. The summed E-state index contributed by atoms with van der Waals surface area (Å²) in [4.78, 5) is 11.5. The van der Waals surface area contributed by atoms with Crippen LogP contribution in [0.25, 0.3) is 6.08 Å². The summed E-state index contributed by atoms with van der Waals surface area (Å²) in [5.41, 5.74) is 5.92. The Bertz CT molecular complexity index is 884. The molecule has 1 aromatic carbocycles. The number of hydrogen-bond donors (Lipinski definition) is 0. The van der Waals surface area contributed by atoms with E-state index in [1.54, 1.807) is 0 Å². The maximum Gasteiger partial charge on any atom is 0.143 e. The number of nitrogens with zero attached hydrogens (tertiary/aromatic N) is 3. The van der Waals surface area contributed by atoms with Crippen molar-refractivity contribution >= 4 is 17.5 Å². The number of ether oxygens (including phenoxy) is 1. The number of aliphatic imine (C=N–C) groups is 1. The molecule has 0 unspecified atom stereocenters. The van der Waals surface area contributed by atoms with Gasteiger partial charge in [0, 0.05) is 31.0 Å². The van der Waals surface area contributed by atoms with E-state index >= 15 is 0 Å². The number of pyridine rings is 1. The zero-order chi connectivity index (χ0) is 18.1. The number of fused-ring (bicyclic) bond motifs is 1. The predicted molar refractivity (Wildman–Crippen MR) is 110 cm³/mol. The molecule has 1 saturated carbocycles. The standard InChI is InChI=1S/C23H25N3O/c1-4-20(15-24-9-1)23-19(3-2-10-25-23)13-18-7-8-21-22(14-18)27-12-11-26(21)16-17-5-6-17/h1,4,7-9,13-15,17H,2-3,5-6,10-12,16H2. The van der Waals surface area contributed by atoms with Crippen molar-refractivity contribution in [2.45, 2.75) is 25.7 Å². The fourth-order valence-corrected chi connectivity index (χ4v) is 3.99. The lowest BCUT2D eigenvalue weighted by Gasteiger charge is -2.31. The van der Waals surface area contributed by atoms with Crippen LogP contribution in [0, 0.1) is 5.92 Å². The molecule has 0 N–H and O–H groups in total. The Morgan fingerprint density at radius 2 is 2.19 bits per heavy atom. The summed E-state index contributed by atoms with van der Waals surface area (Å²) >= 11 is 0. The third-order valence-electron chi connectivity index (χ3n) is 5.57. The van der Waals surface area contributed by atoms with E-state index < -0.39 is 0 Å². The maximum absolute atomic E-state index is 5.99. The Balaban J connectivity index is 1.44. The molecular weight excluding hydrogens is 334 g/mol. The Morgan fingerprint density at radius 3 is 3.04 bits per heavy atom. The van der Waals surface area contributed by atoms with Gasteiger partial charge in [0.25, 0.3) is 0 Å². The van der Waals surface area contributed by atoms with Gasteiger partial charge in [0.2, 0.25) is 0 Å². The largest absolute Gasteiger partial charge is 0.490 e. The lowest BCUT2D eigenvalue weighted by Crippen LogP contribution is -2.34. The second-order valence-corrected chi connectivity index (χ2v) is 7.71. The highest BCUT2D eigenvalue weighted by Crippen LogP contribution is 2.37. The monoisotopic (exact) mass is 359 g/mol. The molecule has 3 heterocycles. The average molecular weight is 359 g/mol. The lowest BCUT2D eigenvalue weighted by molar-refractivity contribution is 0.306. The van der Waals surface area contributed by atoms with Gasteiger partial charge in [-0.3, -0.25) is 9.98 Å². The summed E-state index contributed by atoms with van der Waals surface area (Å²) in [5, 5.41) is 0. The maximum atomic E-state index is 5.99. The molecule has 1 aromatic heterocycles. The van der Waals surface area contributed by atoms with Gasteiger partial charge >= 0.3 is 0 Å². The van der Waals surface area contributed by atoms with Crippen LogP contribution >= 0.6 is 0 Å². The van der Waals surface area contributed by atoms with Crippen LogP contribution in [0.2, 0.25) is 0 Å². The van der Waals surface area contributed by atoms with E-state index in [4.69, 9.17) is 9.73 Å². The molecule has 4 heteroatoms. The van der Waals surface area contributed by atoms with E-state index in [0.29, 0.717) is 0 Å². The highest BCUT2D eigenvalue weighted by Gasteiger charge is 2.27. The average Bonchev–Trinajstić information content (AvgIpc) is 3.53. The molecule has 138 valence electrons.